The van der Waals surface area contributed by atoms with Crippen molar-refractivity contribution in [3.8, 4) is 0 Å². The van der Waals surface area contributed by atoms with Gasteiger partial charge in [-0.2, -0.15) is 0 Å². The average Bonchev–Trinajstić information content (AvgIpc) is 2.96. The number of aliphatic imine (C=N–C) groups is 1. The lowest BCUT2D eigenvalue weighted by Crippen LogP contribution is -2.39. The molecule has 1 aliphatic rings. The summed E-state index contributed by atoms with van der Waals surface area (Å²) in [5.41, 5.74) is 1.12. The lowest BCUT2D eigenvalue weighted by Gasteiger charge is -2.16. The third kappa shape index (κ3) is 7.25. The minimum absolute atomic E-state index is 0. The third-order valence-corrected chi connectivity index (χ3v) is 4.00. The molecule has 0 radical (unpaired) electrons. The number of benzene rings is 1. The predicted octanol–water partition coefficient (Wildman–Crippen LogP) is 3.03. The van der Waals surface area contributed by atoms with Gasteiger partial charge in [0.15, 0.2) is 5.96 Å². The van der Waals surface area contributed by atoms with Crippen LogP contribution in [0.15, 0.2) is 29.3 Å². The normalized spacial score (nSPS) is 14.5. The van der Waals surface area contributed by atoms with Gasteiger partial charge in [-0.1, -0.05) is 23.7 Å². The van der Waals surface area contributed by atoms with Crippen molar-refractivity contribution >= 4 is 47.4 Å². The monoisotopic (exact) mass is 464 g/mol. The molecule has 0 aromatic heterocycles. The Hall–Kier alpha value is -1.02. The van der Waals surface area contributed by atoms with Gasteiger partial charge in [-0.3, -0.25) is 4.79 Å². The van der Waals surface area contributed by atoms with Crippen LogP contribution in [0.4, 0.5) is 0 Å². The Bertz CT molecular complexity index is 536. The zero-order valence-corrected chi connectivity index (χ0v) is 17.1. The van der Waals surface area contributed by atoms with Gasteiger partial charge in [-0.15, -0.1) is 24.0 Å². The molecule has 0 saturated carbocycles. The van der Waals surface area contributed by atoms with Gasteiger partial charge in [0.05, 0.1) is 6.54 Å². The van der Waals surface area contributed by atoms with Gasteiger partial charge in [0.25, 0.3) is 0 Å². The van der Waals surface area contributed by atoms with Crippen molar-refractivity contribution in [3.05, 3.63) is 34.9 Å². The highest BCUT2D eigenvalue weighted by molar-refractivity contribution is 14.0. The number of hydrogen-bond acceptors (Lipinski definition) is 2. The van der Waals surface area contributed by atoms with Gasteiger partial charge in [-0.05, 0) is 37.5 Å². The summed E-state index contributed by atoms with van der Waals surface area (Å²) >= 11 is 5.88. The Morgan fingerprint density at radius 2 is 2.04 bits per heavy atom. The summed E-state index contributed by atoms with van der Waals surface area (Å²) in [6.45, 7) is 6.00. The highest BCUT2D eigenvalue weighted by atomic mass is 127. The molecule has 1 aromatic rings. The second-order valence-corrected chi connectivity index (χ2v) is 6.02. The molecule has 2 N–H and O–H groups in total. The molecule has 1 fully saturated rings. The number of amides is 1. The lowest BCUT2D eigenvalue weighted by atomic mass is 10.2. The number of rotatable bonds is 7. The molecule has 0 unspecified atom stereocenters. The number of guanidine groups is 1. The van der Waals surface area contributed by atoms with Gasteiger partial charge in [0, 0.05) is 37.6 Å². The molecule has 2 rings (SSSR count). The SMILES string of the molecule is CCNC(=NCc1ccc(Cl)cc1)NCCCN1CCCC1=O.I. The van der Waals surface area contributed by atoms with Crippen molar-refractivity contribution in [2.24, 2.45) is 4.99 Å². The Morgan fingerprint density at radius 3 is 2.67 bits per heavy atom. The zero-order chi connectivity index (χ0) is 16.5. The van der Waals surface area contributed by atoms with Crippen LogP contribution in [0.5, 0.6) is 0 Å². The molecule has 0 spiro atoms. The molecular formula is C17H26ClIN4O. The van der Waals surface area contributed by atoms with Crippen LogP contribution in [-0.2, 0) is 11.3 Å². The Balaban J connectivity index is 0.00000288. The van der Waals surface area contributed by atoms with Crippen LogP contribution in [0.1, 0.15) is 31.7 Å². The number of nitrogens with zero attached hydrogens (tertiary/aromatic N) is 2. The summed E-state index contributed by atoms with van der Waals surface area (Å²) in [5, 5.41) is 7.29. The van der Waals surface area contributed by atoms with E-state index in [1.165, 1.54) is 0 Å². The number of halogens is 2. The van der Waals surface area contributed by atoms with Crippen LogP contribution in [0.3, 0.4) is 0 Å². The molecule has 1 aromatic carbocycles. The third-order valence-electron chi connectivity index (χ3n) is 3.75. The van der Waals surface area contributed by atoms with Crippen molar-refractivity contribution in [1.82, 2.24) is 15.5 Å². The van der Waals surface area contributed by atoms with E-state index < -0.39 is 0 Å². The average molecular weight is 465 g/mol. The minimum Gasteiger partial charge on any atom is -0.357 e. The quantitative estimate of drug-likeness (QED) is 0.282. The molecular weight excluding hydrogens is 439 g/mol. The number of nitrogens with one attached hydrogen (secondary N) is 2. The van der Waals surface area contributed by atoms with E-state index in [1.807, 2.05) is 36.1 Å². The van der Waals surface area contributed by atoms with E-state index in [1.54, 1.807) is 0 Å². The van der Waals surface area contributed by atoms with E-state index in [-0.39, 0.29) is 29.9 Å². The first-order valence-corrected chi connectivity index (χ1v) is 8.61. The molecule has 0 atom stereocenters. The molecule has 0 aliphatic carbocycles. The van der Waals surface area contributed by atoms with Crippen molar-refractivity contribution in [3.63, 3.8) is 0 Å². The van der Waals surface area contributed by atoms with Crippen LogP contribution < -0.4 is 10.6 Å². The van der Waals surface area contributed by atoms with Crippen molar-refractivity contribution in [1.29, 1.82) is 0 Å². The predicted molar refractivity (Wildman–Crippen MR) is 110 cm³/mol. The second-order valence-electron chi connectivity index (χ2n) is 5.59. The van der Waals surface area contributed by atoms with Crippen molar-refractivity contribution in [2.45, 2.75) is 32.7 Å². The molecule has 134 valence electrons. The molecule has 0 bridgehead atoms. The van der Waals surface area contributed by atoms with Gasteiger partial charge >= 0.3 is 0 Å². The molecule has 24 heavy (non-hydrogen) atoms. The number of likely N-dealkylation sites (tertiary alicyclic amines) is 1. The van der Waals surface area contributed by atoms with Crippen LogP contribution in [-0.4, -0.2) is 42.9 Å². The van der Waals surface area contributed by atoms with E-state index >= 15 is 0 Å². The van der Waals surface area contributed by atoms with Crippen LogP contribution in [0.2, 0.25) is 5.02 Å². The van der Waals surface area contributed by atoms with Crippen LogP contribution in [0, 0.1) is 0 Å². The molecule has 1 amide bonds. The molecule has 7 heteroatoms. The maximum atomic E-state index is 11.5. The van der Waals surface area contributed by atoms with Crippen molar-refractivity contribution < 1.29 is 4.79 Å². The maximum Gasteiger partial charge on any atom is 0.222 e. The summed E-state index contributed by atoms with van der Waals surface area (Å²) in [6, 6.07) is 7.71. The van der Waals surface area contributed by atoms with Crippen LogP contribution >= 0.6 is 35.6 Å². The van der Waals surface area contributed by atoms with Crippen molar-refractivity contribution in [2.75, 3.05) is 26.2 Å². The van der Waals surface area contributed by atoms with Gasteiger partial charge in [-0.25, -0.2) is 4.99 Å². The fourth-order valence-corrected chi connectivity index (χ4v) is 2.65. The largest absolute Gasteiger partial charge is 0.357 e. The fraction of sp³-hybridized carbons (Fsp3) is 0.529. The first-order valence-electron chi connectivity index (χ1n) is 8.23. The van der Waals surface area contributed by atoms with Gasteiger partial charge in [0.2, 0.25) is 5.91 Å². The Morgan fingerprint density at radius 1 is 1.29 bits per heavy atom. The standard InChI is InChI=1S/C17H25ClN4O.HI/c1-2-19-17(21-13-14-6-8-15(18)9-7-14)20-10-4-12-22-11-3-5-16(22)23;/h6-9H,2-5,10-13H2,1H3,(H2,19,20,21);1H. The summed E-state index contributed by atoms with van der Waals surface area (Å²) < 4.78 is 0. The first kappa shape index (κ1) is 21.0. The maximum absolute atomic E-state index is 11.5. The molecule has 1 heterocycles. The number of carbonyl (C=O) groups is 1. The van der Waals surface area contributed by atoms with E-state index in [2.05, 4.69) is 15.6 Å². The number of carbonyl (C=O) groups excluding carboxylic acids is 1. The smallest absolute Gasteiger partial charge is 0.222 e. The molecule has 1 saturated heterocycles. The van der Waals surface area contributed by atoms with E-state index in [9.17, 15) is 4.79 Å². The first-order chi connectivity index (χ1) is 11.2. The highest BCUT2D eigenvalue weighted by Gasteiger charge is 2.18. The van der Waals surface area contributed by atoms with E-state index in [4.69, 9.17) is 11.6 Å². The highest BCUT2D eigenvalue weighted by Crippen LogP contribution is 2.10. The van der Waals surface area contributed by atoms with Gasteiger partial charge < -0.3 is 15.5 Å². The number of hydrogen-bond donors (Lipinski definition) is 2. The van der Waals surface area contributed by atoms with Gasteiger partial charge in [0.1, 0.15) is 0 Å². The topological polar surface area (TPSA) is 56.7 Å². The summed E-state index contributed by atoms with van der Waals surface area (Å²) in [5.74, 6) is 1.09. The Kier molecular flexibility index (Phi) is 10.1. The summed E-state index contributed by atoms with van der Waals surface area (Å²) in [7, 11) is 0. The minimum atomic E-state index is 0. The van der Waals surface area contributed by atoms with E-state index in [0.717, 1.165) is 55.6 Å². The summed E-state index contributed by atoms with van der Waals surface area (Å²) in [4.78, 5) is 18.1. The van der Waals surface area contributed by atoms with Crippen LogP contribution in [0.25, 0.3) is 0 Å². The van der Waals surface area contributed by atoms with E-state index in [0.29, 0.717) is 13.0 Å². The zero-order valence-electron chi connectivity index (χ0n) is 14.1. The molecule has 5 nitrogen and oxygen atoms in total. The second kappa shape index (κ2) is 11.5. The lowest BCUT2D eigenvalue weighted by molar-refractivity contribution is -0.127. The summed E-state index contributed by atoms with van der Waals surface area (Å²) in [6.07, 6.45) is 2.63. The Labute approximate surface area is 166 Å². The fourth-order valence-electron chi connectivity index (χ4n) is 2.52. The molecule has 1 aliphatic heterocycles.